The molecule has 7 nitrogen and oxygen atoms in total. The SMILES string of the molecule is CNC(=O)c1cc2ccccc2c(Br)c1NC(=O)c1cc(Br)nn1-c1ncccc1Cl. The van der Waals surface area contributed by atoms with Crippen molar-refractivity contribution in [2.24, 2.45) is 0 Å². The van der Waals surface area contributed by atoms with Crippen LogP contribution in [0.4, 0.5) is 5.69 Å². The van der Waals surface area contributed by atoms with Gasteiger partial charge in [0, 0.05) is 23.8 Å². The Morgan fingerprint density at radius 1 is 1.06 bits per heavy atom. The summed E-state index contributed by atoms with van der Waals surface area (Å²) in [6.07, 6.45) is 1.56. The average Bonchev–Trinajstić information content (AvgIpc) is 3.16. The molecule has 2 amide bonds. The van der Waals surface area contributed by atoms with E-state index in [1.165, 1.54) is 11.7 Å². The first-order chi connectivity index (χ1) is 14.9. The number of hydrogen-bond donors (Lipinski definition) is 2. The first kappa shape index (κ1) is 21.5. The van der Waals surface area contributed by atoms with E-state index in [9.17, 15) is 9.59 Å². The molecule has 0 saturated carbocycles. The van der Waals surface area contributed by atoms with Crippen LogP contribution in [0, 0.1) is 0 Å². The fourth-order valence-corrected chi connectivity index (χ4v) is 4.38. The highest BCUT2D eigenvalue weighted by molar-refractivity contribution is 9.11. The van der Waals surface area contributed by atoms with E-state index in [2.05, 4.69) is 52.6 Å². The number of aromatic nitrogens is 3. The Kier molecular flexibility index (Phi) is 6.08. The summed E-state index contributed by atoms with van der Waals surface area (Å²) in [5.41, 5.74) is 0.858. The first-order valence-corrected chi connectivity index (χ1v) is 11.0. The van der Waals surface area contributed by atoms with Gasteiger partial charge in [0.05, 0.1) is 16.3 Å². The fraction of sp³-hybridized carbons (Fsp3) is 0.0476. The van der Waals surface area contributed by atoms with Crippen LogP contribution < -0.4 is 10.6 Å². The number of anilines is 1. The van der Waals surface area contributed by atoms with E-state index < -0.39 is 5.91 Å². The van der Waals surface area contributed by atoms with Crippen LogP contribution in [0.1, 0.15) is 20.8 Å². The van der Waals surface area contributed by atoms with Crippen LogP contribution in [-0.4, -0.2) is 33.6 Å². The standard InChI is InChI=1S/C21H14Br2ClN5O2/c1-25-20(30)13-9-11-5-2-3-6-12(11)17(23)18(13)27-21(31)15-10-16(22)28-29(15)19-14(24)7-4-8-26-19/h2-10H,1H3,(H,25,30)(H,27,31). The predicted molar refractivity (Wildman–Crippen MR) is 127 cm³/mol. The first-order valence-electron chi connectivity index (χ1n) is 9.02. The van der Waals surface area contributed by atoms with Gasteiger partial charge in [-0.1, -0.05) is 35.9 Å². The molecule has 10 heteroatoms. The molecule has 0 aliphatic rings. The van der Waals surface area contributed by atoms with Gasteiger partial charge in [0.25, 0.3) is 11.8 Å². The van der Waals surface area contributed by atoms with Crippen molar-refractivity contribution >= 4 is 71.7 Å². The highest BCUT2D eigenvalue weighted by Gasteiger charge is 2.23. The minimum Gasteiger partial charge on any atom is -0.355 e. The third-order valence-electron chi connectivity index (χ3n) is 4.55. The Morgan fingerprint density at radius 3 is 2.58 bits per heavy atom. The summed E-state index contributed by atoms with van der Waals surface area (Å²) in [5, 5.41) is 11.8. The van der Waals surface area contributed by atoms with Gasteiger partial charge in [0.15, 0.2) is 5.82 Å². The minimum absolute atomic E-state index is 0.190. The normalized spacial score (nSPS) is 10.8. The van der Waals surface area contributed by atoms with Gasteiger partial charge >= 0.3 is 0 Å². The van der Waals surface area contributed by atoms with Gasteiger partial charge in [-0.3, -0.25) is 9.59 Å². The number of halogens is 3. The molecule has 2 heterocycles. The summed E-state index contributed by atoms with van der Waals surface area (Å²) in [5.74, 6) is -0.505. The van der Waals surface area contributed by atoms with Crippen molar-refractivity contribution < 1.29 is 9.59 Å². The summed E-state index contributed by atoms with van der Waals surface area (Å²) < 4.78 is 2.37. The van der Waals surface area contributed by atoms with Crippen LogP contribution in [0.15, 0.2) is 63.8 Å². The van der Waals surface area contributed by atoms with Gasteiger partial charge in [0.2, 0.25) is 0 Å². The van der Waals surface area contributed by atoms with Crippen molar-refractivity contribution in [2.75, 3.05) is 12.4 Å². The molecule has 2 aromatic carbocycles. The molecule has 0 radical (unpaired) electrons. The second-order valence-electron chi connectivity index (χ2n) is 6.44. The maximum atomic E-state index is 13.3. The molecular formula is C21H14Br2ClN5O2. The number of amides is 2. The molecule has 0 fully saturated rings. The number of carbonyl (C=O) groups is 2. The van der Waals surface area contributed by atoms with E-state index in [-0.39, 0.29) is 11.6 Å². The van der Waals surface area contributed by atoms with Gasteiger partial charge in [-0.05, 0) is 60.8 Å². The summed E-state index contributed by atoms with van der Waals surface area (Å²) in [4.78, 5) is 30.0. The lowest BCUT2D eigenvalue weighted by molar-refractivity contribution is 0.0964. The fourth-order valence-electron chi connectivity index (χ4n) is 3.13. The van der Waals surface area contributed by atoms with Crippen LogP contribution in [0.2, 0.25) is 5.02 Å². The van der Waals surface area contributed by atoms with Gasteiger partial charge in [-0.25, -0.2) is 9.67 Å². The van der Waals surface area contributed by atoms with E-state index in [1.807, 2.05) is 24.3 Å². The summed E-state index contributed by atoms with van der Waals surface area (Å²) in [7, 11) is 1.53. The van der Waals surface area contributed by atoms with Crippen molar-refractivity contribution in [1.82, 2.24) is 20.1 Å². The van der Waals surface area contributed by atoms with Crippen molar-refractivity contribution in [3.8, 4) is 5.82 Å². The predicted octanol–water partition coefficient (Wildman–Crippen LogP) is 5.21. The maximum Gasteiger partial charge on any atom is 0.274 e. The van der Waals surface area contributed by atoms with E-state index >= 15 is 0 Å². The lowest BCUT2D eigenvalue weighted by Crippen LogP contribution is -2.23. The van der Waals surface area contributed by atoms with Gasteiger partial charge in [-0.2, -0.15) is 5.10 Å². The molecule has 156 valence electrons. The van der Waals surface area contributed by atoms with Crippen LogP contribution in [0.5, 0.6) is 0 Å². The van der Waals surface area contributed by atoms with Crippen molar-refractivity contribution in [2.45, 2.75) is 0 Å². The molecule has 4 aromatic rings. The van der Waals surface area contributed by atoms with Crippen LogP contribution >= 0.6 is 43.5 Å². The number of fused-ring (bicyclic) bond motifs is 1. The quantitative estimate of drug-likeness (QED) is 0.357. The molecule has 2 N–H and O–H groups in total. The van der Waals surface area contributed by atoms with E-state index in [0.717, 1.165) is 10.8 Å². The smallest absolute Gasteiger partial charge is 0.274 e. The number of nitrogens with zero attached hydrogens (tertiary/aromatic N) is 3. The van der Waals surface area contributed by atoms with Crippen molar-refractivity contribution in [1.29, 1.82) is 0 Å². The Hall–Kier alpha value is -2.75. The zero-order chi connectivity index (χ0) is 22.1. The molecule has 0 atom stereocenters. The van der Waals surface area contributed by atoms with Crippen molar-refractivity contribution in [3.63, 3.8) is 0 Å². The highest BCUT2D eigenvalue weighted by Crippen LogP contribution is 2.35. The lowest BCUT2D eigenvalue weighted by atomic mass is 10.0. The Bertz CT molecular complexity index is 1340. The number of benzene rings is 2. The largest absolute Gasteiger partial charge is 0.355 e. The third-order valence-corrected chi connectivity index (χ3v) is 6.05. The van der Waals surface area contributed by atoms with Crippen LogP contribution in [0.25, 0.3) is 16.6 Å². The topological polar surface area (TPSA) is 88.9 Å². The lowest BCUT2D eigenvalue weighted by Gasteiger charge is -2.15. The van der Waals surface area contributed by atoms with Gasteiger partial charge < -0.3 is 10.6 Å². The molecule has 0 unspecified atom stereocenters. The van der Waals surface area contributed by atoms with E-state index in [1.54, 1.807) is 30.5 Å². The Morgan fingerprint density at radius 2 is 1.84 bits per heavy atom. The number of nitrogens with one attached hydrogen (secondary N) is 2. The van der Waals surface area contributed by atoms with E-state index in [0.29, 0.717) is 31.2 Å². The summed E-state index contributed by atoms with van der Waals surface area (Å²) >= 11 is 13.1. The number of pyridine rings is 1. The molecule has 31 heavy (non-hydrogen) atoms. The van der Waals surface area contributed by atoms with Crippen molar-refractivity contribution in [3.05, 3.63) is 80.1 Å². The number of hydrogen-bond acceptors (Lipinski definition) is 4. The van der Waals surface area contributed by atoms with Gasteiger partial charge in [-0.15, -0.1) is 0 Å². The monoisotopic (exact) mass is 561 g/mol. The number of rotatable bonds is 4. The Labute approximate surface area is 199 Å². The second kappa shape index (κ2) is 8.78. The van der Waals surface area contributed by atoms with Crippen LogP contribution in [0.3, 0.4) is 0 Å². The minimum atomic E-state index is -0.485. The zero-order valence-corrected chi connectivity index (χ0v) is 19.9. The molecule has 0 spiro atoms. The molecule has 0 bridgehead atoms. The molecule has 2 aromatic heterocycles. The maximum absolute atomic E-state index is 13.3. The second-order valence-corrected chi connectivity index (χ2v) is 8.45. The van der Waals surface area contributed by atoms with Gasteiger partial charge in [0.1, 0.15) is 10.3 Å². The molecule has 0 aliphatic carbocycles. The molecular weight excluding hydrogens is 550 g/mol. The third kappa shape index (κ3) is 4.08. The molecule has 0 saturated heterocycles. The number of carbonyl (C=O) groups excluding carboxylic acids is 2. The molecule has 4 rings (SSSR count). The zero-order valence-electron chi connectivity index (χ0n) is 16.0. The summed E-state index contributed by atoms with van der Waals surface area (Å²) in [6, 6.07) is 14.2. The van der Waals surface area contributed by atoms with Crippen LogP contribution in [-0.2, 0) is 0 Å². The average molecular weight is 564 g/mol. The Balaban J connectivity index is 1.82. The van der Waals surface area contributed by atoms with E-state index in [4.69, 9.17) is 11.6 Å². The molecule has 0 aliphatic heterocycles. The summed E-state index contributed by atoms with van der Waals surface area (Å²) in [6.45, 7) is 0. The highest BCUT2D eigenvalue weighted by atomic mass is 79.9.